The Morgan fingerprint density at radius 1 is 1.09 bits per heavy atom. The standard InChI is InChI=1S/C24H33N3O4S/c1-32(29,30)26-23-13-15-27(24-4-2-3-14-25-24)16-20(23)17-31-22-11-7-19(8-12-22)18-5-9-21(28)10-6-18/h2-6,9-10,14,19-20,22-23,26,28H,7-8,11-13,15-17H2,1H3/t19?,20-,22?,23-/m0/s1. The first kappa shape index (κ1) is 23.0. The Labute approximate surface area is 190 Å². The van der Waals surface area contributed by atoms with E-state index in [2.05, 4.69) is 14.6 Å². The molecule has 0 unspecified atom stereocenters. The third-order valence-corrected chi connectivity index (χ3v) is 7.39. The van der Waals surface area contributed by atoms with Crippen molar-refractivity contribution in [2.75, 3.05) is 30.9 Å². The number of hydrogen-bond donors (Lipinski definition) is 2. The summed E-state index contributed by atoms with van der Waals surface area (Å²) in [6.07, 6.45) is 8.04. The van der Waals surface area contributed by atoms with Crippen molar-refractivity contribution in [1.29, 1.82) is 0 Å². The topological polar surface area (TPSA) is 91.8 Å². The van der Waals surface area contributed by atoms with Crippen LogP contribution in [0, 0.1) is 5.92 Å². The lowest BCUT2D eigenvalue weighted by Crippen LogP contribution is -2.52. The van der Waals surface area contributed by atoms with Gasteiger partial charge in [0.2, 0.25) is 10.0 Å². The molecule has 2 heterocycles. The van der Waals surface area contributed by atoms with Crippen LogP contribution in [-0.2, 0) is 14.8 Å². The lowest BCUT2D eigenvalue weighted by Gasteiger charge is -2.40. The van der Waals surface area contributed by atoms with Crippen LogP contribution in [0.15, 0.2) is 48.7 Å². The summed E-state index contributed by atoms with van der Waals surface area (Å²) in [6.45, 7) is 2.01. The fraction of sp³-hybridized carbons (Fsp3) is 0.542. The van der Waals surface area contributed by atoms with Crippen molar-refractivity contribution in [3.8, 4) is 5.75 Å². The van der Waals surface area contributed by atoms with E-state index in [9.17, 15) is 13.5 Å². The molecule has 1 aromatic heterocycles. The summed E-state index contributed by atoms with van der Waals surface area (Å²) in [5.74, 6) is 1.79. The molecule has 174 valence electrons. The zero-order chi connectivity index (χ0) is 22.6. The van der Waals surface area contributed by atoms with Crippen LogP contribution >= 0.6 is 0 Å². The maximum absolute atomic E-state index is 11.9. The van der Waals surface area contributed by atoms with Gasteiger partial charge in [-0.05, 0) is 67.9 Å². The van der Waals surface area contributed by atoms with Gasteiger partial charge in [-0.3, -0.25) is 0 Å². The zero-order valence-corrected chi connectivity index (χ0v) is 19.4. The van der Waals surface area contributed by atoms with Gasteiger partial charge < -0.3 is 14.7 Å². The minimum absolute atomic E-state index is 0.0651. The van der Waals surface area contributed by atoms with Gasteiger partial charge in [0, 0.05) is 31.2 Å². The van der Waals surface area contributed by atoms with E-state index in [0.717, 1.165) is 44.5 Å². The molecule has 4 rings (SSSR count). The number of phenols is 1. The molecular formula is C24H33N3O4S. The Morgan fingerprint density at radius 3 is 2.50 bits per heavy atom. The number of aromatic nitrogens is 1. The van der Waals surface area contributed by atoms with Gasteiger partial charge in [0.1, 0.15) is 11.6 Å². The monoisotopic (exact) mass is 459 g/mol. The van der Waals surface area contributed by atoms with Gasteiger partial charge in [-0.1, -0.05) is 18.2 Å². The highest BCUT2D eigenvalue weighted by molar-refractivity contribution is 7.88. The van der Waals surface area contributed by atoms with E-state index in [1.165, 1.54) is 11.8 Å². The summed E-state index contributed by atoms with van der Waals surface area (Å²) < 4.78 is 33.0. The summed E-state index contributed by atoms with van der Waals surface area (Å²) in [4.78, 5) is 6.68. The molecule has 0 amide bonds. The van der Waals surface area contributed by atoms with Gasteiger partial charge in [0.05, 0.1) is 19.0 Å². The largest absolute Gasteiger partial charge is 0.508 e. The first-order valence-corrected chi connectivity index (χ1v) is 13.3. The Morgan fingerprint density at radius 2 is 1.84 bits per heavy atom. The minimum atomic E-state index is -3.28. The number of hydrogen-bond acceptors (Lipinski definition) is 6. The smallest absolute Gasteiger partial charge is 0.208 e. The van der Waals surface area contributed by atoms with Crippen molar-refractivity contribution < 1.29 is 18.3 Å². The van der Waals surface area contributed by atoms with Gasteiger partial charge >= 0.3 is 0 Å². The van der Waals surface area contributed by atoms with Crippen molar-refractivity contribution in [2.45, 2.75) is 50.2 Å². The number of phenolic OH excluding ortho intramolecular Hbond substituents is 1. The number of nitrogens with one attached hydrogen (secondary N) is 1. The van der Waals surface area contributed by atoms with Crippen LogP contribution in [0.3, 0.4) is 0 Å². The predicted molar refractivity (Wildman–Crippen MR) is 125 cm³/mol. The lowest BCUT2D eigenvalue weighted by atomic mass is 9.82. The first-order chi connectivity index (χ1) is 15.4. The summed E-state index contributed by atoms with van der Waals surface area (Å²) >= 11 is 0. The van der Waals surface area contributed by atoms with Crippen molar-refractivity contribution in [3.05, 3.63) is 54.2 Å². The number of sulfonamides is 1. The molecule has 2 atom stereocenters. The Hall–Kier alpha value is -2.16. The van der Waals surface area contributed by atoms with Crippen LogP contribution in [0.5, 0.6) is 5.75 Å². The third kappa shape index (κ3) is 6.21. The minimum Gasteiger partial charge on any atom is -0.508 e. The number of aromatic hydroxyl groups is 1. The second-order valence-corrected chi connectivity index (χ2v) is 10.9. The summed E-state index contributed by atoms with van der Waals surface area (Å²) in [5.41, 5.74) is 1.27. The quantitative estimate of drug-likeness (QED) is 0.660. The van der Waals surface area contributed by atoms with Crippen LogP contribution < -0.4 is 9.62 Å². The average Bonchev–Trinajstić information content (AvgIpc) is 2.79. The highest BCUT2D eigenvalue weighted by Gasteiger charge is 2.33. The molecule has 0 radical (unpaired) electrons. The second kappa shape index (κ2) is 10.2. The highest BCUT2D eigenvalue weighted by Crippen LogP contribution is 2.35. The van der Waals surface area contributed by atoms with Crippen LogP contribution in [0.2, 0.25) is 0 Å². The van der Waals surface area contributed by atoms with Crippen LogP contribution in [0.1, 0.15) is 43.6 Å². The predicted octanol–water partition coefficient (Wildman–Crippen LogP) is 3.27. The third-order valence-electron chi connectivity index (χ3n) is 6.66. The Balaban J connectivity index is 1.34. The van der Waals surface area contributed by atoms with E-state index in [1.54, 1.807) is 18.3 Å². The first-order valence-electron chi connectivity index (χ1n) is 11.4. The van der Waals surface area contributed by atoms with Gasteiger partial charge in [-0.15, -0.1) is 0 Å². The van der Waals surface area contributed by atoms with Gasteiger partial charge in [0.15, 0.2) is 0 Å². The second-order valence-electron chi connectivity index (χ2n) is 9.08. The van der Waals surface area contributed by atoms with E-state index in [0.29, 0.717) is 24.8 Å². The van der Waals surface area contributed by atoms with E-state index >= 15 is 0 Å². The molecule has 1 aliphatic heterocycles. The molecule has 2 N–H and O–H groups in total. The van der Waals surface area contributed by atoms with Gasteiger partial charge in [-0.2, -0.15) is 0 Å². The number of anilines is 1. The fourth-order valence-electron chi connectivity index (χ4n) is 4.95. The SMILES string of the molecule is CS(=O)(=O)N[C@H]1CCN(c2ccccn2)C[C@H]1COC1CCC(c2ccc(O)cc2)CC1. The van der Waals surface area contributed by atoms with Crippen molar-refractivity contribution in [2.24, 2.45) is 5.92 Å². The molecule has 1 saturated heterocycles. The fourth-order valence-corrected chi connectivity index (χ4v) is 5.81. The number of ether oxygens (including phenoxy) is 1. The van der Waals surface area contributed by atoms with Gasteiger partial charge in [0.25, 0.3) is 0 Å². The summed E-state index contributed by atoms with van der Waals surface area (Å²) in [6, 6.07) is 13.3. The number of rotatable bonds is 7. The molecule has 2 fully saturated rings. The molecule has 1 saturated carbocycles. The van der Waals surface area contributed by atoms with Crippen molar-refractivity contribution in [3.63, 3.8) is 0 Å². The molecular weight excluding hydrogens is 426 g/mol. The molecule has 2 aromatic rings. The Kier molecular flexibility index (Phi) is 7.33. The van der Waals surface area contributed by atoms with Crippen molar-refractivity contribution in [1.82, 2.24) is 9.71 Å². The van der Waals surface area contributed by atoms with E-state index < -0.39 is 10.0 Å². The highest BCUT2D eigenvalue weighted by atomic mass is 32.2. The number of benzene rings is 1. The van der Waals surface area contributed by atoms with Crippen molar-refractivity contribution >= 4 is 15.8 Å². The maximum Gasteiger partial charge on any atom is 0.208 e. The number of piperidine rings is 1. The maximum atomic E-state index is 11.9. The van der Waals surface area contributed by atoms with Gasteiger partial charge in [-0.25, -0.2) is 18.1 Å². The molecule has 0 spiro atoms. The number of nitrogens with zero attached hydrogens (tertiary/aromatic N) is 2. The molecule has 8 heteroatoms. The van der Waals surface area contributed by atoms with E-state index in [4.69, 9.17) is 4.74 Å². The van der Waals surface area contributed by atoms with E-state index in [1.807, 2.05) is 30.3 Å². The summed E-state index contributed by atoms with van der Waals surface area (Å²) in [7, 11) is -3.28. The van der Waals surface area contributed by atoms with Crippen LogP contribution in [0.25, 0.3) is 0 Å². The Bertz CT molecular complexity index is 960. The van der Waals surface area contributed by atoms with Crippen LogP contribution in [-0.4, -0.2) is 56.6 Å². The zero-order valence-electron chi connectivity index (χ0n) is 18.6. The molecule has 1 aromatic carbocycles. The average molecular weight is 460 g/mol. The lowest BCUT2D eigenvalue weighted by molar-refractivity contribution is -0.00213. The normalized spacial score (nSPS) is 26.7. The molecule has 7 nitrogen and oxygen atoms in total. The molecule has 32 heavy (non-hydrogen) atoms. The van der Waals surface area contributed by atoms with E-state index in [-0.39, 0.29) is 18.1 Å². The molecule has 2 aliphatic rings. The number of pyridine rings is 1. The van der Waals surface area contributed by atoms with Crippen LogP contribution in [0.4, 0.5) is 5.82 Å². The molecule has 1 aliphatic carbocycles. The molecule has 0 bridgehead atoms. The summed E-state index contributed by atoms with van der Waals surface area (Å²) in [5, 5.41) is 9.50.